The van der Waals surface area contributed by atoms with Crippen LogP contribution in [0.5, 0.6) is 0 Å². The predicted octanol–water partition coefficient (Wildman–Crippen LogP) is 1.51. The minimum Gasteiger partial charge on any atom is -0.343 e. The van der Waals surface area contributed by atoms with Gasteiger partial charge in [0, 0.05) is 38.5 Å². The third kappa shape index (κ3) is 4.76. The Hall–Kier alpha value is -0.950. The molecule has 2 aliphatic rings. The number of carbonyl (C=O) groups excluding carboxylic acids is 2. The number of amides is 2. The SMILES string of the molecule is CC(C)N(C)C(=O)C1CCN(C(=O)C2CC(F)(F)CN2)CC1.Cl. The van der Waals surface area contributed by atoms with Crippen molar-refractivity contribution in [1.29, 1.82) is 0 Å². The van der Waals surface area contributed by atoms with Crippen LogP contribution >= 0.6 is 12.4 Å². The highest BCUT2D eigenvalue weighted by Gasteiger charge is 2.44. The van der Waals surface area contributed by atoms with Crippen molar-refractivity contribution < 1.29 is 18.4 Å². The van der Waals surface area contributed by atoms with E-state index < -0.39 is 24.9 Å². The van der Waals surface area contributed by atoms with Gasteiger partial charge in [0.05, 0.1) is 12.6 Å². The molecule has 0 aromatic carbocycles. The fourth-order valence-corrected chi connectivity index (χ4v) is 3.00. The number of piperidine rings is 1. The first-order valence-corrected chi connectivity index (χ1v) is 7.88. The first kappa shape index (κ1) is 20.1. The molecular formula is C15H26ClF2N3O2. The van der Waals surface area contributed by atoms with Crippen LogP contribution in [0.1, 0.15) is 33.1 Å². The monoisotopic (exact) mass is 353 g/mol. The molecule has 2 fully saturated rings. The summed E-state index contributed by atoms with van der Waals surface area (Å²) in [7, 11) is 1.79. The highest BCUT2D eigenvalue weighted by atomic mass is 35.5. The Balaban J connectivity index is 0.00000264. The van der Waals surface area contributed by atoms with E-state index in [-0.39, 0.29) is 36.2 Å². The van der Waals surface area contributed by atoms with Gasteiger partial charge in [-0.15, -0.1) is 12.4 Å². The van der Waals surface area contributed by atoms with E-state index in [0.717, 1.165) is 0 Å². The van der Waals surface area contributed by atoms with Crippen LogP contribution in [0.15, 0.2) is 0 Å². The van der Waals surface area contributed by atoms with Crippen LogP contribution < -0.4 is 5.32 Å². The molecule has 0 spiro atoms. The van der Waals surface area contributed by atoms with Gasteiger partial charge in [0.25, 0.3) is 5.92 Å². The summed E-state index contributed by atoms with van der Waals surface area (Å²) in [5.74, 6) is -3.03. The number of carbonyl (C=O) groups is 2. The molecule has 5 nitrogen and oxygen atoms in total. The van der Waals surface area contributed by atoms with Crippen LogP contribution in [0.4, 0.5) is 8.78 Å². The summed E-state index contributed by atoms with van der Waals surface area (Å²) in [5, 5.41) is 2.59. The number of rotatable bonds is 3. The zero-order chi connectivity index (χ0) is 16.5. The van der Waals surface area contributed by atoms with Gasteiger partial charge in [-0.05, 0) is 26.7 Å². The predicted molar refractivity (Wildman–Crippen MR) is 85.8 cm³/mol. The minimum atomic E-state index is -2.80. The summed E-state index contributed by atoms with van der Waals surface area (Å²) in [6.07, 6.45) is 0.774. The third-order valence-electron chi connectivity index (χ3n) is 4.69. The Morgan fingerprint density at radius 1 is 1.26 bits per heavy atom. The van der Waals surface area contributed by atoms with Crippen LogP contribution in [-0.4, -0.2) is 66.3 Å². The largest absolute Gasteiger partial charge is 0.343 e. The number of halogens is 3. The molecule has 2 aliphatic heterocycles. The van der Waals surface area contributed by atoms with Crippen molar-refractivity contribution in [2.75, 3.05) is 26.7 Å². The Bertz CT molecular complexity index is 440. The lowest BCUT2D eigenvalue weighted by Gasteiger charge is -2.35. The van der Waals surface area contributed by atoms with E-state index in [2.05, 4.69) is 5.32 Å². The Labute approximate surface area is 142 Å². The van der Waals surface area contributed by atoms with E-state index >= 15 is 0 Å². The van der Waals surface area contributed by atoms with Gasteiger partial charge in [-0.3, -0.25) is 14.9 Å². The van der Waals surface area contributed by atoms with Crippen molar-refractivity contribution in [1.82, 2.24) is 15.1 Å². The topological polar surface area (TPSA) is 52.7 Å². The van der Waals surface area contributed by atoms with Crippen molar-refractivity contribution in [2.24, 2.45) is 5.92 Å². The molecule has 0 aliphatic carbocycles. The number of alkyl halides is 2. The van der Waals surface area contributed by atoms with Gasteiger partial charge < -0.3 is 9.80 Å². The Morgan fingerprint density at radius 3 is 2.26 bits per heavy atom. The first-order valence-electron chi connectivity index (χ1n) is 7.88. The molecule has 8 heteroatoms. The maximum atomic E-state index is 13.2. The zero-order valence-electron chi connectivity index (χ0n) is 13.8. The summed E-state index contributed by atoms with van der Waals surface area (Å²) in [6, 6.07) is -0.641. The smallest absolute Gasteiger partial charge is 0.262 e. The quantitative estimate of drug-likeness (QED) is 0.836. The summed E-state index contributed by atoms with van der Waals surface area (Å²) in [5.41, 5.74) is 0. The first-order chi connectivity index (χ1) is 10.2. The fraction of sp³-hybridized carbons (Fsp3) is 0.867. The van der Waals surface area contributed by atoms with Gasteiger partial charge in [0.15, 0.2) is 0 Å². The van der Waals surface area contributed by atoms with E-state index in [1.54, 1.807) is 16.8 Å². The summed E-state index contributed by atoms with van der Waals surface area (Å²) in [6.45, 7) is 4.42. The molecule has 2 amide bonds. The second-order valence-electron chi connectivity index (χ2n) is 6.64. The minimum absolute atomic E-state index is 0. The molecule has 0 saturated carbocycles. The van der Waals surface area contributed by atoms with Crippen molar-refractivity contribution in [3.63, 3.8) is 0 Å². The molecule has 1 unspecified atom stereocenters. The lowest BCUT2D eigenvalue weighted by atomic mass is 9.94. The molecule has 1 N–H and O–H groups in total. The summed E-state index contributed by atoms with van der Waals surface area (Å²) in [4.78, 5) is 27.8. The summed E-state index contributed by atoms with van der Waals surface area (Å²) < 4.78 is 26.3. The highest BCUT2D eigenvalue weighted by molar-refractivity contribution is 5.85. The fourth-order valence-electron chi connectivity index (χ4n) is 3.00. The lowest BCUT2D eigenvalue weighted by Crippen LogP contribution is -2.49. The highest BCUT2D eigenvalue weighted by Crippen LogP contribution is 2.27. The van der Waals surface area contributed by atoms with Gasteiger partial charge in [0.1, 0.15) is 0 Å². The molecule has 2 saturated heterocycles. The van der Waals surface area contributed by atoms with Gasteiger partial charge >= 0.3 is 0 Å². The number of likely N-dealkylation sites (tertiary alicyclic amines) is 1. The lowest BCUT2D eigenvalue weighted by molar-refractivity contribution is -0.141. The second-order valence-corrected chi connectivity index (χ2v) is 6.64. The zero-order valence-corrected chi connectivity index (χ0v) is 14.7. The molecular weight excluding hydrogens is 328 g/mol. The van der Waals surface area contributed by atoms with Crippen molar-refractivity contribution in [3.8, 4) is 0 Å². The van der Waals surface area contributed by atoms with Crippen LogP contribution in [-0.2, 0) is 9.59 Å². The maximum absolute atomic E-state index is 13.2. The van der Waals surface area contributed by atoms with E-state index in [1.807, 2.05) is 13.8 Å². The second kappa shape index (κ2) is 7.75. The molecule has 0 bridgehead atoms. The number of nitrogens with one attached hydrogen (secondary N) is 1. The molecule has 0 radical (unpaired) electrons. The van der Waals surface area contributed by atoms with Crippen molar-refractivity contribution >= 4 is 24.2 Å². The Kier molecular flexibility index (Phi) is 6.77. The average Bonchev–Trinajstić information content (AvgIpc) is 2.85. The van der Waals surface area contributed by atoms with Gasteiger partial charge in [-0.25, -0.2) is 8.78 Å². The summed E-state index contributed by atoms with van der Waals surface area (Å²) >= 11 is 0. The van der Waals surface area contributed by atoms with Crippen LogP contribution in [0.25, 0.3) is 0 Å². The van der Waals surface area contributed by atoms with Crippen molar-refractivity contribution in [3.05, 3.63) is 0 Å². The third-order valence-corrected chi connectivity index (χ3v) is 4.69. The molecule has 0 aromatic heterocycles. The average molecular weight is 354 g/mol. The van der Waals surface area contributed by atoms with Crippen LogP contribution in [0.2, 0.25) is 0 Å². The molecule has 2 rings (SSSR count). The van der Waals surface area contributed by atoms with Gasteiger partial charge in [-0.1, -0.05) is 0 Å². The van der Waals surface area contributed by atoms with Gasteiger partial charge in [0.2, 0.25) is 11.8 Å². The van der Waals surface area contributed by atoms with E-state index in [1.165, 1.54) is 0 Å². The standard InChI is InChI=1S/C15H25F2N3O2.ClH/c1-10(2)19(3)13(21)11-4-6-20(7-5-11)14(22)12-8-15(16,17)9-18-12;/h10-12,18H,4-9H2,1-3H3;1H. The number of hydrogen-bond donors (Lipinski definition) is 1. The van der Waals surface area contributed by atoms with Crippen LogP contribution in [0, 0.1) is 5.92 Å². The normalized spacial score (nSPS) is 24.4. The van der Waals surface area contributed by atoms with Crippen molar-refractivity contribution in [2.45, 2.75) is 51.1 Å². The molecule has 134 valence electrons. The van der Waals surface area contributed by atoms with E-state index in [0.29, 0.717) is 25.9 Å². The molecule has 2 heterocycles. The molecule has 23 heavy (non-hydrogen) atoms. The van der Waals surface area contributed by atoms with Crippen LogP contribution in [0.3, 0.4) is 0 Å². The molecule has 0 aromatic rings. The number of nitrogens with zero attached hydrogens (tertiary/aromatic N) is 2. The Morgan fingerprint density at radius 2 is 1.83 bits per heavy atom. The van der Waals surface area contributed by atoms with E-state index in [4.69, 9.17) is 0 Å². The number of hydrogen-bond acceptors (Lipinski definition) is 3. The van der Waals surface area contributed by atoms with E-state index in [9.17, 15) is 18.4 Å². The maximum Gasteiger partial charge on any atom is 0.262 e. The molecule has 1 atom stereocenters. The van der Waals surface area contributed by atoms with Gasteiger partial charge in [-0.2, -0.15) is 0 Å².